The first-order valence-corrected chi connectivity index (χ1v) is 27.9. The Labute approximate surface area is 458 Å². The van der Waals surface area contributed by atoms with Crippen molar-refractivity contribution in [3.63, 3.8) is 0 Å². The smallest absolute Gasteiger partial charge is 0.132 e. The fourth-order valence-corrected chi connectivity index (χ4v) is 16.3. The Kier molecular flexibility index (Phi) is 9.15. The van der Waals surface area contributed by atoms with Gasteiger partial charge in [-0.25, -0.2) is 0 Å². The minimum absolute atomic E-state index is 0.563. The molecule has 0 bridgehead atoms. The Hall–Kier alpha value is -9.41. The Morgan fingerprint density at radius 1 is 0.269 bits per heavy atom. The lowest BCUT2D eigenvalue weighted by Gasteiger charge is -2.40. The van der Waals surface area contributed by atoms with Crippen molar-refractivity contribution in [2.24, 2.45) is 0 Å². The van der Waals surface area contributed by atoms with Gasteiger partial charge in [0, 0.05) is 37.7 Å². The zero-order chi connectivity index (χ0) is 51.2. The molecule has 0 atom stereocenters. The van der Waals surface area contributed by atoms with Gasteiger partial charge in [-0.3, -0.25) is 0 Å². The van der Waals surface area contributed by atoms with Crippen molar-refractivity contribution in [2.45, 2.75) is 26.0 Å². The summed E-state index contributed by atoms with van der Waals surface area (Å²) in [5, 5.41) is 0. The Balaban J connectivity index is 1.01. The lowest BCUT2D eigenvalue weighted by atomic mass is 9.66. The second kappa shape index (κ2) is 16.3. The normalized spacial score (nSPS) is 15.0. The highest BCUT2D eigenvalue weighted by Gasteiger charge is 2.54. The largest absolute Gasteiger partial charge is 0.457 e. The topological polar surface area (TPSA) is 12.5 Å². The van der Waals surface area contributed by atoms with E-state index in [1.54, 1.807) is 0 Å². The highest BCUT2D eigenvalue weighted by Crippen LogP contribution is 2.68. The Morgan fingerprint density at radius 3 is 1.18 bits per heavy atom. The van der Waals surface area contributed by atoms with E-state index in [2.05, 4.69) is 290 Å². The standard InChI is InChI=1S/C75H47NOS/c1-3-23-48(24-4-1)73(49-25-5-2-6-26-49)55-30-10-7-27-51(55)52-46-45-50(47-64(52)73)76(65-39-21-37-62-71(65)53-28-8-11-31-56(53)74(62)58-33-13-17-41-67(58)77-68-42-18-14-34-59(68)74)66-40-22-38-63-72(66)54-29-9-12-32-57(54)75(63)60-35-15-19-43-69(60)78-70-44-20-16-36-61(70)75/h1-47H. The van der Waals surface area contributed by atoms with Crippen LogP contribution < -0.4 is 9.64 Å². The highest BCUT2D eigenvalue weighted by atomic mass is 32.2. The van der Waals surface area contributed by atoms with Crippen LogP contribution in [0, 0.1) is 0 Å². The molecule has 0 saturated carbocycles. The zero-order valence-corrected chi connectivity index (χ0v) is 43.2. The average Bonchev–Trinajstić information content (AvgIpc) is 3.90. The van der Waals surface area contributed by atoms with E-state index in [-0.39, 0.29) is 0 Å². The van der Waals surface area contributed by atoms with Gasteiger partial charge in [0.15, 0.2) is 0 Å². The fourth-order valence-electron chi connectivity index (χ4n) is 15.1. The van der Waals surface area contributed by atoms with Crippen LogP contribution in [0.1, 0.15) is 66.8 Å². The first-order chi connectivity index (χ1) is 38.7. The molecule has 2 heterocycles. The number of ether oxygens (including phenoxy) is 1. The zero-order valence-electron chi connectivity index (χ0n) is 42.4. The van der Waals surface area contributed by atoms with Gasteiger partial charge in [0.25, 0.3) is 0 Å². The van der Waals surface area contributed by atoms with Crippen molar-refractivity contribution in [3.8, 4) is 44.9 Å². The molecule has 0 aromatic heterocycles. The number of rotatable bonds is 5. The molecule has 0 saturated heterocycles. The molecule has 0 fully saturated rings. The second-order valence-electron chi connectivity index (χ2n) is 21.3. The molecular weight excluding hydrogens is 963 g/mol. The lowest BCUT2D eigenvalue weighted by Crippen LogP contribution is -2.32. The van der Waals surface area contributed by atoms with Crippen molar-refractivity contribution in [1.29, 1.82) is 0 Å². The number of benzene rings is 12. The first-order valence-electron chi connectivity index (χ1n) is 27.1. The van der Waals surface area contributed by atoms with Crippen molar-refractivity contribution < 1.29 is 4.74 Å². The third kappa shape index (κ3) is 5.48. The number of fused-ring (bicyclic) bond motifs is 21. The number of para-hydroxylation sites is 2. The molecule has 3 heteroatoms. The van der Waals surface area contributed by atoms with Gasteiger partial charge < -0.3 is 9.64 Å². The van der Waals surface area contributed by atoms with Gasteiger partial charge in [0.1, 0.15) is 11.5 Å². The van der Waals surface area contributed by atoms with E-state index in [9.17, 15) is 0 Å². The molecule has 364 valence electrons. The molecule has 3 aliphatic carbocycles. The van der Waals surface area contributed by atoms with Crippen LogP contribution in [0.4, 0.5) is 17.1 Å². The molecule has 17 rings (SSSR count). The summed E-state index contributed by atoms with van der Waals surface area (Å²) in [6.45, 7) is 0. The molecule has 0 amide bonds. The Bertz CT molecular complexity index is 4150. The third-order valence-corrected chi connectivity index (χ3v) is 19.0. The minimum atomic E-state index is -0.656. The van der Waals surface area contributed by atoms with Crippen LogP contribution in [0.3, 0.4) is 0 Å². The maximum atomic E-state index is 6.85. The maximum Gasteiger partial charge on any atom is 0.132 e. The van der Waals surface area contributed by atoms with Crippen molar-refractivity contribution in [3.05, 3.63) is 352 Å². The fraction of sp³-hybridized carbons (Fsp3) is 0.0400. The monoisotopic (exact) mass is 1010 g/mol. The van der Waals surface area contributed by atoms with Gasteiger partial charge >= 0.3 is 0 Å². The minimum Gasteiger partial charge on any atom is -0.457 e. The van der Waals surface area contributed by atoms with E-state index in [1.165, 1.54) is 98.8 Å². The van der Waals surface area contributed by atoms with E-state index in [0.717, 1.165) is 39.7 Å². The van der Waals surface area contributed by atoms with Crippen molar-refractivity contribution in [2.75, 3.05) is 4.90 Å². The van der Waals surface area contributed by atoms with Gasteiger partial charge in [-0.2, -0.15) is 0 Å². The van der Waals surface area contributed by atoms with E-state index in [0.29, 0.717) is 0 Å². The number of hydrogen-bond donors (Lipinski definition) is 0. The van der Waals surface area contributed by atoms with Crippen LogP contribution in [0.15, 0.2) is 295 Å². The van der Waals surface area contributed by atoms with Gasteiger partial charge in [-0.1, -0.05) is 248 Å². The van der Waals surface area contributed by atoms with Crippen molar-refractivity contribution in [1.82, 2.24) is 0 Å². The van der Waals surface area contributed by atoms with E-state index >= 15 is 0 Å². The summed E-state index contributed by atoms with van der Waals surface area (Å²) in [5.41, 5.74) is 24.0. The molecule has 2 spiro atoms. The van der Waals surface area contributed by atoms with Gasteiger partial charge in [0.2, 0.25) is 0 Å². The second-order valence-corrected chi connectivity index (χ2v) is 22.4. The van der Waals surface area contributed by atoms with E-state index in [4.69, 9.17) is 4.74 Å². The first kappa shape index (κ1) is 43.8. The van der Waals surface area contributed by atoms with Crippen LogP contribution in [0.2, 0.25) is 0 Å². The van der Waals surface area contributed by atoms with Crippen LogP contribution >= 0.6 is 11.8 Å². The maximum absolute atomic E-state index is 6.85. The van der Waals surface area contributed by atoms with Crippen LogP contribution in [-0.4, -0.2) is 0 Å². The molecule has 5 aliphatic rings. The summed E-state index contributed by atoms with van der Waals surface area (Å²) >= 11 is 1.89. The molecule has 78 heavy (non-hydrogen) atoms. The number of nitrogens with zero attached hydrogens (tertiary/aromatic N) is 1. The predicted octanol–water partition coefficient (Wildman–Crippen LogP) is 18.8. The van der Waals surface area contributed by atoms with Crippen LogP contribution in [0.25, 0.3) is 33.4 Å². The number of anilines is 3. The van der Waals surface area contributed by atoms with E-state index in [1.807, 2.05) is 11.8 Å². The van der Waals surface area contributed by atoms with Crippen LogP contribution in [0.5, 0.6) is 11.5 Å². The lowest BCUT2D eigenvalue weighted by molar-refractivity contribution is 0.436. The van der Waals surface area contributed by atoms with E-state index < -0.39 is 16.2 Å². The summed E-state index contributed by atoms with van der Waals surface area (Å²) in [6.07, 6.45) is 0. The molecular formula is C75H47NOS. The molecule has 12 aromatic rings. The van der Waals surface area contributed by atoms with Gasteiger partial charge in [-0.15, -0.1) is 0 Å². The summed E-state index contributed by atoms with van der Waals surface area (Å²) in [6, 6.07) is 107. The molecule has 0 radical (unpaired) electrons. The summed E-state index contributed by atoms with van der Waals surface area (Å²) in [4.78, 5) is 5.22. The molecule has 12 aromatic carbocycles. The predicted molar refractivity (Wildman–Crippen MR) is 317 cm³/mol. The molecule has 2 aliphatic heterocycles. The Morgan fingerprint density at radius 2 is 0.654 bits per heavy atom. The average molecular weight is 1010 g/mol. The summed E-state index contributed by atoms with van der Waals surface area (Å²) in [7, 11) is 0. The molecule has 0 unspecified atom stereocenters. The van der Waals surface area contributed by atoms with Crippen molar-refractivity contribution >= 4 is 28.8 Å². The van der Waals surface area contributed by atoms with Gasteiger partial charge in [-0.05, 0) is 126 Å². The number of hydrogen-bond acceptors (Lipinski definition) is 3. The molecule has 0 N–H and O–H groups in total. The highest BCUT2D eigenvalue weighted by molar-refractivity contribution is 7.99. The third-order valence-electron chi connectivity index (χ3n) is 17.9. The summed E-state index contributed by atoms with van der Waals surface area (Å²) < 4.78 is 6.85. The summed E-state index contributed by atoms with van der Waals surface area (Å²) in [5.74, 6) is 1.76. The quantitative estimate of drug-likeness (QED) is 0.170. The SMILES string of the molecule is c1ccc(C2(c3ccccc3)c3ccccc3-c3ccc(N(c4cccc5c4-c4ccccc4C54c5ccccc5Oc5ccccc54)c4cccc5c4-c4ccccc4C54c5ccccc5Sc5ccccc54)cc32)cc1. The molecule has 2 nitrogen and oxygen atoms in total. The van der Waals surface area contributed by atoms with Gasteiger partial charge in [0.05, 0.1) is 27.6 Å². The van der Waals surface area contributed by atoms with Crippen LogP contribution in [-0.2, 0) is 16.2 Å².